The Balaban J connectivity index is 1.48. The minimum absolute atomic E-state index is 0.142. The second-order valence-electron chi connectivity index (χ2n) is 10.0. The molecule has 36 heavy (non-hydrogen) atoms. The maximum atomic E-state index is 4.01. The molecular formula is C33H43N3. The van der Waals surface area contributed by atoms with E-state index in [0.29, 0.717) is 0 Å². The molecule has 1 aromatic rings. The topological polar surface area (TPSA) is 36.4 Å². The predicted octanol–water partition coefficient (Wildman–Crippen LogP) is 7.62. The van der Waals surface area contributed by atoms with Crippen LogP contribution in [0.25, 0.3) is 5.57 Å². The average Bonchev–Trinajstić information content (AvgIpc) is 3.17. The summed E-state index contributed by atoms with van der Waals surface area (Å²) >= 11 is 0. The molecule has 0 saturated carbocycles. The Labute approximate surface area is 218 Å². The highest BCUT2D eigenvalue weighted by Gasteiger charge is 2.26. The van der Waals surface area contributed by atoms with Crippen molar-refractivity contribution in [1.29, 1.82) is 0 Å². The van der Waals surface area contributed by atoms with Gasteiger partial charge in [0.25, 0.3) is 0 Å². The number of hydrogen-bond acceptors (Lipinski definition) is 3. The van der Waals surface area contributed by atoms with Gasteiger partial charge in [0, 0.05) is 12.7 Å². The molecule has 1 atom stereocenters. The Hall–Kier alpha value is -3.17. The molecule has 2 aliphatic rings. The van der Waals surface area contributed by atoms with Crippen LogP contribution < -0.4 is 10.6 Å². The third-order valence-electron chi connectivity index (χ3n) is 7.13. The molecule has 0 radical (unpaired) electrons. The fourth-order valence-corrected chi connectivity index (χ4v) is 4.74. The minimum Gasteiger partial charge on any atom is -0.383 e. The highest BCUT2D eigenvalue weighted by atomic mass is 14.9. The van der Waals surface area contributed by atoms with Crippen LogP contribution in [0, 0.1) is 12.3 Å². The number of hydrogen-bond donors (Lipinski definition) is 2. The second kappa shape index (κ2) is 14.4. The zero-order valence-electron chi connectivity index (χ0n) is 22.4. The van der Waals surface area contributed by atoms with Crippen molar-refractivity contribution >= 4 is 12.3 Å². The van der Waals surface area contributed by atoms with E-state index in [0.717, 1.165) is 57.3 Å². The summed E-state index contributed by atoms with van der Waals surface area (Å²) in [6.45, 7) is 10.1. The monoisotopic (exact) mass is 481 g/mol. The molecule has 0 aliphatic heterocycles. The molecule has 3 heteroatoms. The van der Waals surface area contributed by atoms with Gasteiger partial charge in [0.15, 0.2) is 0 Å². The normalized spacial score (nSPS) is 17.4. The van der Waals surface area contributed by atoms with Crippen LogP contribution in [0.2, 0.25) is 0 Å². The highest BCUT2D eigenvalue weighted by Crippen LogP contribution is 2.37. The van der Waals surface area contributed by atoms with E-state index in [4.69, 9.17) is 0 Å². The molecule has 0 amide bonds. The van der Waals surface area contributed by atoms with Gasteiger partial charge in [0.05, 0.1) is 5.70 Å². The molecule has 2 N–H and O–H groups in total. The van der Waals surface area contributed by atoms with Gasteiger partial charge in [0.1, 0.15) is 0 Å². The van der Waals surface area contributed by atoms with Crippen molar-refractivity contribution in [3.05, 3.63) is 113 Å². The summed E-state index contributed by atoms with van der Waals surface area (Å²) in [4.78, 5) is 4.01. The lowest BCUT2D eigenvalue weighted by Gasteiger charge is -2.31. The first-order valence-corrected chi connectivity index (χ1v) is 13.2. The average molecular weight is 482 g/mol. The lowest BCUT2D eigenvalue weighted by atomic mass is 9.75. The quantitative estimate of drug-likeness (QED) is 0.212. The number of rotatable bonds is 14. The molecule has 3 nitrogen and oxygen atoms in total. The molecule has 0 bridgehead atoms. The number of nitrogens with one attached hydrogen (secondary N) is 2. The van der Waals surface area contributed by atoms with Crippen LogP contribution in [0.1, 0.15) is 56.6 Å². The lowest BCUT2D eigenvalue weighted by molar-refractivity contribution is 0.342. The van der Waals surface area contributed by atoms with Crippen LogP contribution >= 0.6 is 0 Å². The van der Waals surface area contributed by atoms with E-state index < -0.39 is 0 Å². The summed E-state index contributed by atoms with van der Waals surface area (Å²) in [5.74, 6) is 0. The summed E-state index contributed by atoms with van der Waals surface area (Å²) in [5, 5.41) is 6.88. The number of allylic oxidation sites excluding steroid dienone is 11. The predicted molar refractivity (Wildman–Crippen MR) is 158 cm³/mol. The highest BCUT2D eigenvalue weighted by molar-refractivity contribution is 5.72. The van der Waals surface area contributed by atoms with Crippen LogP contribution in [0.3, 0.4) is 0 Å². The van der Waals surface area contributed by atoms with Gasteiger partial charge in [-0.15, -0.1) is 0 Å². The van der Waals surface area contributed by atoms with Gasteiger partial charge in [-0.2, -0.15) is 0 Å². The van der Waals surface area contributed by atoms with Gasteiger partial charge >= 0.3 is 0 Å². The molecule has 0 spiro atoms. The Morgan fingerprint density at radius 2 is 1.92 bits per heavy atom. The van der Waals surface area contributed by atoms with E-state index in [2.05, 4.69) is 115 Å². The van der Waals surface area contributed by atoms with Crippen molar-refractivity contribution < 1.29 is 0 Å². The second-order valence-corrected chi connectivity index (χ2v) is 10.0. The third kappa shape index (κ3) is 8.49. The Kier molecular flexibility index (Phi) is 11.0. The van der Waals surface area contributed by atoms with E-state index in [1.807, 2.05) is 13.2 Å². The number of aliphatic imine (C=N–C) groups is 1. The number of aryl methyl sites for hydroxylation is 1. The molecule has 1 aromatic carbocycles. The van der Waals surface area contributed by atoms with Crippen molar-refractivity contribution in [1.82, 2.24) is 10.6 Å². The smallest absolute Gasteiger partial charge is 0.0522 e. The summed E-state index contributed by atoms with van der Waals surface area (Å²) in [5.41, 5.74) is 8.08. The zero-order valence-corrected chi connectivity index (χ0v) is 22.4. The molecule has 0 heterocycles. The van der Waals surface area contributed by atoms with Gasteiger partial charge in [-0.25, -0.2) is 0 Å². The number of nitrogens with zero attached hydrogens (tertiary/aromatic N) is 1. The molecular weight excluding hydrogens is 438 g/mol. The first kappa shape index (κ1) is 27.4. The van der Waals surface area contributed by atoms with Crippen LogP contribution in [0.15, 0.2) is 107 Å². The molecule has 1 unspecified atom stereocenters. The van der Waals surface area contributed by atoms with Gasteiger partial charge in [-0.3, -0.25) is 4.99 Å². The minimum atomic E-state index is 0.142. The van der Waals surface area contributed by atoms with Crippen LogP contribution in [-0.4, -0.2) is 26.9 Å². The van der Waals surface area contributed by atoms with Gasteiger partial charge in [-0.05, 0) is 94.0 Å². The van der Waals surface area contributed by atoms with Crippen LogP contribution in [-0.2, 0) is 0 Å². The van der Waals surface area contributed by atoms with Crippen molar-refractivity contribution in [2.24, 2.45) is 10.4 Å². The molecule has 0 saturated heterocycles. The van der Waals surface area contributed by atoms with E-state index in [-0.39, 0.29) is 5.41 Å². The lowest BCUT2D eigenvalue weighted by Crippen LogP contribution is -2.24. The zero-order chi connectivity index (χ0) is 25.6. The van der Waals surface area contributed by atoms with E-state index >= 15 is 0 Å². The van der Waals surface area contributed by atoms with Gasteiger partial charge in [0.2, 0.25) is 0 Å². The SMILES string of the molecule is C=N/C=C(\C=C/CCC(C)(CCNC)C1=CC=CCC=C1)NCCC1=CC=C(c2ccc(C)cc2)C1. The standard InChI is InChI=1S/C33H43N3/c1-27-14-17-29(18-15-27)30-19-16-28(25-30)20-23-36-32(26-35-4)13-9-10-21-33(2,22-24-34-3)31-11-7-5-6-8-12-31/h5,7-9,11-19,26,34,36H,4,6,10,20-25H2,1-3H3/b13-9-,32-26+. The van der Waals surface area contributed by atoms with Crippen molar-refractivity contribution in [3.8, 4) is 0 Å². The van der Waals surface area contributed by atoms with Crippen molar-refractivity contribution in [2.75, 3.05) is 20.1 Å². The maximum absolute atomic E-state index is 4.01. The molecule has 3 rings (SSSR count). The van der Waals surface area contributed by atoms with Crippen molar-refractivity contribution in [3.63, 3.8) is 0 Å². The first-order chi connectivity index (χ1) is 17.5. The van der Waals surface area contributed by atoms with E-state index in [9.17, 15) is 0 Å². The summed E-state index contributed by atoms with van der Waals surface area (Å²) in [7, 11) is 2.03. The molecule has 190 valence electrons. The first-order valence-electron chi connectivity index (χ1n) is 13.2. The van der Waals surface area contributed by atoms with Crippen LogP contribution in [0.5, 0.6) is 0 Å². The van der Waals surface area contributed by atoms with Crippen molar-refractivity contribution in [2.45, 2.75) is 52.4 Å². The largest absolute Gasteiger partial charge is 0.383 e. The summed E-state index contributed by atoms with van der Waals surface area (Å²) in [6, 6.07) is 8.82. The molecule has 2 aliphatic carbocycles. The van der Waals surface area contributed by atoms with Crippen LogP contribution in [0.4, 0.5) is 0 Å². The molecule has 0 fully saturated rings. The van der Waals surface area contributed by atoms with E-state index in [1.165, 1.54) is 27.8 Å². The van der Waals surface area contributed by atoms with Gasteiger partial charge < -0.3 is 10.6 Å². The Morgan fingerprint density at radius 3 is 2.69 bits per heavy atom. The fourth-order valence-electron chi connectivity index (χ4n) is 4.74. The Bertz CT molecular complexity index is 1080. The van der Waals surface area contributed by atoms with Gasteiger partial charge in [-0.1, -0.05) is 90.9 Å². The number of benzene rings is 1. The fraction of sp³-hybridized carbons (Fsp3) is 0.364. The molecule has 0 aromatic heterocycles. The third-order valence-corrected chi connectivity index (χ3v) is 7.13. The summed E-state index contributed by atoms with van der Waals surface area (Å²) in [6.07, 6.45) is 28.4. The Morgan fingerprint density at radius 1 is 1.08 bits per heavy atom. The maximum Gasteiger partial charge on any atom is 0.0522 e. The van der Waals surface area contributed by atoms with E-state index in [1.54, 1.807) is 0 Å². The summed E-state index contributed by atoms with van der Waals surface area (Å²) < 4.78 is 0.